The van der Waals surface area contributed by atoms with Crippen LogP contribution in [0.1, 0.15) is 5.56 Å². The van der Waals surface area contributed by atoms with Gasteiger partial charge in [-0.05, 0) is 23.8 Å². The fourth-order valence-corrected chi connectivity index (χ4v) is 3.86. The number of carbonyl (C=O) groups excluding carboxylic acids is 1. The van der Waals surface area contributed by atoms with Crippen molar-refractivity contribution in [2.24, 2.45) is 4.99 Å². The van der Waals surface area contributed by atoms with Crippen molar-refractivity contribution in [2.45, 2.75) is 6.42 Å². The fourth-order valence-electron chi connectivity index (χ4n) is 3.86. The van der Waals surface area contributed by atoms with Crippen LogP contribution < -0.4 is 15.1 Å². The second kappa shape index (κ2) is 9.91. The first-order valence-electron chi connectivity index (χ1n) is 9.76. The molecule has 1 amide bonds. The average Bonchev–Trinajstić information content (AvgIpc) is 3.07. The number of halogens is 1. The van der Waals surface area contributed by atoms with Crippen LogP contribution in [0.2, 0.25) is 0 Å². The Morgan fingerprint density at radius 2 is 1.86 bits per heavy atom. The summed E-state index contributed by atoms with van der Waals surface area (Å²) in [7, 11) is 1.81. The van der Waals surface area contributed by atoms with Crippen LogP contribution in [0.4, 0.5) is 11.5 Å². The van der Waals surface area contributed by atoms with Crippen molar-refractivity contribution in [2.75, 3.05) is 56.1 Å². The summed E-state index contributed by atoms with van der Waals surface area (Å²) in [6.45, 7) is 4.92. The number of amides is 1. The zero-order chi connectivity index (χ0) is 19.3. The van der Waals surface area contributed by atoms with Crippen LogP contribution in [-0.2, 0) is 11.2 Å². The lowest BCUT2D eigenvalue weighted by Gasteiger charge is -2.37. The number of anilines is 2. The number of hydrogen-bond acceptors (Lipinski definition) is 4. The van der Waals surface area contributed by atoms with Gasteiger partial charge in [0.1, 0.15) is 5.82 Å². The van der Waals surface area contributed by atoms with Gasteiger partial charge in [0, 0.05) is 58.2 Å². The largest absolute Gasteiger partial charge is 0.354 e. The van der Waals surface area contributed by atoms with E-state index in [-0.39, 0.29) is 29.9 Å². The van der Waals surface area contributed by atoms with Crippen LogP contribution in [0, 0.1) is 0 Å². The lowest BCUT2D eigenvalue weighted by molar-refractivity contribution is -0.117. The minimum atomic E-state index is 0. The number of rotatable bonds is 4. The molecule has 0 spiro atoms. The molecule has 1 fully saturated rings. The molecule has 1 aromatic carbocycles. The molecule has 0 unspecified atom stereocenters. The van der Waals surface area contributed by atoms with E-state index in [4.69, 9.17) is 0 Å². The number of nitrogens with one attached hydrogen (secondary N) is 1. The van der Waals surface area contributed by atoms with E-state index in [1.165, 1.54) is 0 Å². The lowest BCUT2D eigenvalue weighted by Crippen LogP contribution is -2.53. The van der Waals surface area contributed by atoms with E-state index in [0.29, 0.717) is 19.5 Å². The standard InChI is InChI=1S/C21H26N6O.HI/c1-22-21(26-14-12-25(13-15-26)19-8-4-5-9-23-19)24-10-11-27-18-7-3-2-6-17(18)16-20(27)28;/h2-9H,10-16H2,1H3,(H,22,24);1H. The van der Waals surface area contributed by atoms with Crippen molar-refractivity contribution >= 4 is 47.3 Å². The van der Waals surface area contributed by atoms with Crippen molar-refractivity contribution in [3.05, 3.63) is 54.2 Å². The van der Waals surface area contributed by atoms with Gasteiger partial charge >= 0.3 is 0 Å². The summed E-state index contributed by atoms with van der Waals surface area (Å²) in [4.78, 5) is 27.6. The van der Waals surface area contributed by atoms with Gasteiger partial charge in [-0.2, -0.15) is 0 Å². The number of aliphatic imine (C=N–C) groups is 1. The van der Waals surface area contributed by atoms with Gasteiger partial charge < -0.3 is 20.0 Å². The summed E-state index contributed by atoms with van der Waals surface area (Å²) in [6, 6.07) is 14.0. The summed E-state index contributed by atoms with van der Waals surface area (Å²) in [5.41, 5.74) is 2.15. The van der Waals surface area contributed by atoms with Gasteiger partial charge in [0.05, 0.1) is 6.42 Å². The summed E-state index contributed by atoms with van der Waals surface area (Å²) < 4.78 is 0. The van der Waals surface area contributed by atoms with Gasteiger partial charge in [-0.25, -0.2) is 4.98 Å². The van der Waals surface area contributed by atoms with Crippen LogP contribution in [0.25, 0.3) is 0 Å². The Bertz CT molecular complexity index is 851. The summed E-state index contributed by atoms with van der Waals surface area (Å²) in [5, 5.41) is 3.42. The van der Waals surface area contributed by atoms with Gasteiger partial charge in [0.15, 0.2) is 5.96 Å². The third-order valence-corrected chi connectivity index (χ3v) is 5.31. The first-order chi connectivity index (χ1) is 13.8. The number of nitrogens with zero attached hydrogens (tertiary/aromatic N) is 5. The molecule has 0 saturated carbocycles. The zero-order valence-corrected chi connectivity index (χ0v) is 19.0. The van der Waals surface area contributed by atoms with E-state index in [9.17, 15) is 4.79 Å². The van der Waals surface area contributed by atoms with Gasteiger partial charge in [-0.3, -0.25) is 9.79 Å². The molecule has 154 valence electrons. The molecule has 29 heavy (non-hydrogen) atoms. The van der Waals surface area contributed by atoms with Gasteiger partial charge in [-0.15, -0.1) is 24.0 Å². The molecule has 0 bridgehead atoms. The Balaban J connectivity index is 0.00000240. The van der Waals surface area contributed by atoms with Crippen molar-refractivity contribution in [3.8, 4) is 0 Å². The molecule has 0 atom stereocenters. The maximum Gasteiger partial charge on any atom is 0.231 e. The van der Waals surface area contributed by atoms with E-state index in [0.717, 1.165) is 49.2 Å². The van der Waals surface area contributed by atoms with Crippen molar-refractivity contribution in [1.29, 1.82) is 0 Å². The number of pyridine rings is 1. The van der Waals surface area contributed by atoms with E-state index in [2.05, 4.69) is 25.1 Å². The summed E-state index contributed by atoms with van der Waals surface area (Å²) in [6.07, 6.45) is 2.33. The van der Waals surface area contributed by atoms with Crippen molar-refractivity contribution in [1.82, 2.24) is 15.2 Å². The lowest BCUT2D eigenvalue weighted by atomic mass is 10.2. The van der Waals surface area contributed by atoms with Crippen LogP contribution in [-0.4, -0.2) is 68.1 Å². The number of hydrogen-bond donors (Lipinski definition) is 1. The molecule has 0 aliphatic carbocycles. The normalized spacial score (nSPS) is 16.5. The number of para-hydroxylation sites is 1. The first-order valence-corrected chi connectivity index (χ1v) is 9.76. The molecule has 2 aliphatic heterocycles. The molecule has 0 radical (unpaired) electrons. The summed E-state index contributed by atoms with van der Waals surface area (Å²) >= 11 is 0. The topological polar surface area (TPSA) is 64.1 Å². The monoisotopic (exact) mass is 506 g/mol. The number of guanidine groups is 1. The number of fused-ring (bicyclic) bond motifs is 1. The highest BCUT2D eigenvalue weighted by Crippen LogP contribution is 2.27. The molecular formula is C21H27IN6O. The van der Waals surface area contributed by atoms with Crippen LogP contribution >= 0.6 is 24.0 Å². The molecule has 3 heterocycles. The predicted molar refractivity (Wildman–Crippen MR) is 127 cm³/mol. The predicted octanol–water partition coefficient (Wildman–Crippen LogP) is 1.99. The van der Waals surface area contributed by atoms with Crippen LogP contribution in [0.15, 0.2) is 53.7 Å². The van der Waals surface area contributed by atoms with E-state index >= 15 is 0 Å². The molecule has 1 N–H and O–H groups in total. The van der Waals surface area contributed by atoms with E-state index in [1.54, 1.807) is 0 Å². The Morgan fingerprint density at radius 1 is 1.10 bits per heavy atom. The highest BCUT2D eigenvalue weighted by molar-refractivity contribution is 14.0. The third-order valence-electron chi connectivity index (χ3n) is 5.31. The molecule has 4 rings (SSSR count). The number of benzene rings is 1. The molecule has 2 aromatic rings. The Morgan fingerprint density at radius 3 is 2.59 bits per heavy atom. The summed E-state index contributed by atoms with van der Waals surface area (Å²) in [5.74, 6) is 2.08. The molecule has 8 heteroatoms. The highest BCUT2D eigenvalue weighted by Gasteiger charge is 2.26. The van der Waals surface area contributed by atoms with Crippen molar-refractivity contribution in [3.63, 3.8) is 0 Å². The minimum absolute atomic E-state index is 0. The number of piperazine rings is 1. The molecular weight excluding hydrogens is 479 g/mol. The van der Waals surface area contributed by atoms with Gasteiger partial charge in [0.2, 0.25) is 5.91 Å². The SMILES string of the molecule is CN=C(NCCN1C(=O)Cc2ccccc21)N1CCN(c2ccccn2)CC1.I. The quantitative estimate of drug-likeness (QED) is 0.391. The fraction of sp³-hybridized carbons (Fsp3) is 0.381. The number of aromatic nitrogens is 1. The Labute approximate surface area is 188 Å². The Kier molecular flexibility index (Phi) is 7.29. The van der Waals surface area contributed by atoms with Crippen LogP contribution in [0.5, 0.6) is 0 Å². The van der Waals surface area contributed by atoms with E-state index in [1.807, 2.05) is 60.6 Å². The smallest absolute Gasteiger partial charge is 0.231 e. The maximum atomic E-state index is 12.3. The average molecular weight is 506 g/mol. The van der Waals surface area contributed by atoms with E-state index < -0.39 is 0 Å². The highest BCUT2D eigenvalue weighted by atomic mass is 127. The second-order valence-electron chi connectivity index (χ2n) is 6.99. The first kappa shape index (κ1) is 21.4. The van der Waals surface area contributed by atoms with Gasteiger partial charge in [-0.1, -0.05) is 24.3 Å². The minimum Gasteiger partial charge on any atom is -0.354 e. The second-order valence-corrected chi connectivity index (χ2v) is 6.99. The number of carbonyl (C=O) groups is 1. The molecule has 7 nitrogen and oxygen atoms in total. The molecule has 2 aliphatic rings. The van der Waals surface area contributed by atoms with Gasteiger partial charge in [0.25, 0.3) is 0 Å². The third kappa shape index (κ3) is 4.80. The van der Waals surface area contributed by atoms with Crippen molar-refractivity contribution < 1.29 is 4.79 Å². The van der Waals surface area contributed by atoms with Crippen LogP contribution in [0.3, 0.4) is 0 Å². The molecule has 1 aromatic heterocycles. The Hall–Kier alpha value is -2.36. The maximum absolute atomic E-state index is 12.3. The zero-order valence-electron chi connectivity index (χ0n) is 16.6. The molecule has 1 saturated heterocycles.